The molecule has 8 heteroatoms. The van der Waals surface area contributed by atoms with Crippen molar-refractivity contribution in [2.75, 3.05) is 0 Å². The van der Waals surface area contributed by atoms with Crippen molar-refractivity contribution in [1.29, 1.82) is 0 Å². The Hall–Kier alpha value is 6.05. The van der Waals surface area contributed by atoms with Gasteiger partial charge in [-0.3, -0.25) is 0 Å². The van der Waals surface area contributed by atoms with Gasteiger partial charge < -0.3 is 0 Å². The van der Waals surface area contributed by atoms with Crippen molar-refractivity contribution in [3.63, 3.8) is 0 Å². The van der Waals surface area contributed by atoms with E-state index < -0.39 is -16.6 Å². The fourth-order valence-electron chi connectivity index (χ4n) is 0. The summed E-state index contributed by atoms with van der Waals surface area (Å²) in [5, 5.41) is 0. The molecule has 0 saturated heterocycles. The zero-order valence-electron chi connectivity index (χ0n) is 3.16. The molecule has 0 aromatic rings. The molecule has 0 aliphatic rings. The maximum absolute atomic E-state index is 2.32. The minimum atomic E-state index is -1.96. The molecule has 0 saturated carbocycles. The van der Waals surface area contributed by atoms with E-state index >= 15 is 0 Å². The summed E-state index contributed by atoms with van der Waals surface area (Å²) in [5.74, 6) is 0. The first-order valence-electron chi connectivity index (χ1n) is 0.862. The van der Waals surface area contributed by atoms with Crippen LogP contribution in [-0.4, -0.2) is 136 Å². The Morgan fingerprint density at radius 2 is 0.500 bits per heavy atom. The Bertz CT molecular complexity index is 632. The molecule has 0 aromatic carbocycles. The minimum absolute atomic E-state index is 1.96. The fraction of sp³-hybridized carbons (Fsp3) is 0. The first-order chi connectivity index (χ1) is 2.65. The van der Waals surface area contributed by atoms with Gasteiger partial charge in [0.2, 0.25) is 0 Å². The average molecular weight is 957 g/mol. The summed E-state index contributed by atoms with van der Waals surface area (Å²) in [4.78, 5) is 0. The summed E-state index contributed by atoms with van der Waals surface area (Å²) in [5.41, 5.74) is 0. The Balaban J connectivity index is 10.3. The molecular weight excluding hydrogens is 957 g/mol. The molecule has 0 bridgehead atoms. The van der Waals surface area contributed by atoms with E-state index in [9.17, 15) is 0 Å². The van der Waals surface area contributed by atoms with Crippen LogP contribution >= 0.6 is 0 Å². The van der Waals surface area contributed by atoms with Crippen molar-refractivity contribution in [3.05, 3.63) is 0 Å². The molecule has 0 heterocycles. The summed E-state index contributed by atoms with van der Waals surface area (Å²) in [6, 6.07) is 0. The summed E-state index contributed by atoms with van der Waals surface area (Å²) < 4.78 is -1.96. The van der Waals surface area contributed by atoms with Gasteiger partial charge >= 0.3 is 120 Å². The van der Waals surface area contributed by atoms with Crippen molar-refractivity contribution >= 4 is 136 Å². The molecule has 0 radical (unpaired) electrons. The van der Waals surface area contributed by atoms with Crippen molar-refractivity contribution in [2.45, 2.75) is 0 Å². The van der Waals surface area contributed by atoms with Crippen LogP contribution < -0.4 is 0 Å². The second kappa shape index (κ2) is 2.59. The predicted molar refractivity (Wildman–Crippen MR) is 40.3 cm³/mol. The Morgan fingerprint density at radius 1 is 0.500 bits per heavy atom. The van der Waals surface area contributed by atoms with Crippen molar-refractivity contribution < 1.29 is -16.6 Å². The first-order valence-corrected chi connectivity index (χ1v) is 23.8. The van der Waals surface area contributed by atoms with Crippen LogP contribution in [-0.2, 0) is -16.6 Å². The van der Waals surface area contributed by atoms with Crippen LogP contribution in [0.5, 0.6) is 0 Å². The van der Waals surface area contributed by atoms with E-state index in [0.29, 0.717) is 0 Å². The predicted octanol–water partition coefficient (Wildman–Crippen LogP) is -2.67. The van der Waals surface area contributed by atoms with Gasteiger partial charge in [0.15, 0.2) is 0 Å². The SMILES string of the molecule is [Te]=[Cu](=[Te])(=[Te])(=[Te])(=[Te])(=[Te])=[Te]. The second-order valence-electron chi connectivity index (χ2n) is 1.06. The molecule has 0 fully saturated rings. The summed E-state index contributed by atoms with van der Waals surface area (Å²) in [6.45, 7) is 0. The molecule has 0 amide bonds. The van der Waals surface area contributed by atoms with Gasteiger partial charge in [0.25, 0.3) is 0 Å². The van der Waals surface area contributed by atoms with Crippen LogP contribution in [0.1, 0.15) is 0 Å². The quantitative estimate of drug-likeness (QED) is 0.233. The third-order valence-electron chi connectivity index (χ3n) is 0. The third-order valence-corrected chi connectivity index (χ3v) is 0. The monoisotopic (exact) mass is 972 g/mol. The van der Waals surface area contributed by atoms with Crippen LogP contribution in [0, 0.1) is 0 Å². The van der Waals surface area contributed by atoms with Gasteiger partial charge in [-0.2, -0.15) is 0 Å². The van der Waals surface area contributed by atoms with E-state index in [1.807, 2.05) is 0 Å². The Kier molecular flexibility index (Phi) is 4.54. The van der Waals surface area contributed by atoms with Crippen LogP contribution in [0.15, 0.2) is 0 Å². The topological polar surface area (TPSA) is 0 Å². The van der Waals surface area contributed by atoms with Crippen LogP contribution in [0.4, 0.5) is 0 Å². The van der Waals surface area contributed by atoms with Gasteiger partial charge in [-0.1, -0.05) is 0 Å². The van der Waals surface area contributed by atoms with Gasteiger partial charge in [-0.25, -0.2) is 0 Å². The normalized spacial score (nSPS) is 26.2. The summed E-state index contributed by atoms with van der Waals surface area (Å²) in [6.07, 6.45) is 0. The number of hydrogen-bond donors (Lipinski definition) is 0. The molecular formula is CuTe7. The van der Waals surface area contributed by atoms with Crippen LogP contribution in [0.25, 0.3) is 0 Å². The molecule has 8 heavy (non-hydrogen) atoms. The van der Waals surface area contributed by atoms with E-state index in [1.54, 1.807) is 0 Å². The van der Waals surface area contributed by atoms with Crippen LogP contribution in [0.3, 0.4) is 0 Å². The summed E-state index contributed by atoms with van der Waals surface area (Å²) >= 11 is 16.2. The number of rotatable bonds is 0. The molecule has 0 N–H and O–H groups in total. The number of hydrogen-bond acceptors (Lipinski definition) is 0. The van der Waals surface area contributed by atoms with Crippen molar-refractivity contribution in [1.82, 2.24) is 0 Å². The standard InChI is InChI=1S/Cu.7Te. The van der Waals surface area contributed by atoms with E-state index in [2.05, 4.69) is 136 Å². The molecule has 0 spiro atoms. The molecule has 0 nitrogen and oxygen atoms in total. The van der Waals surface area contributed by atoms with Gasteiger partial charge in [0.05, 0.1) is 0 Å². The fourth-order valence-corrected chi connectivity index (χ4v) is 0. The Labute approximate surface area is 115 Å². The summed E-state index contributed by atoms with van der Waals surface area (Å²) in [7, 11) is 0. The van der Waals surface area contributed by atoms with E-state index in [-0.39, 0.29) is 0 Å². The third kappa shape index (κ3) is 40.2. The van der Waals surface area contributed by atoms with Gasteiger partial charge in [-0.15, -0.1) is 0 Å². The maximum atomic E-state index is 2.32. The first kappa shape index (κ1) is 14.0. The zero-order chi connectivity index (χ0) is 7.38. The second-order valence-corrected chi connectivity index (χ2v) is 196. The van der Waals surface area contributed by atoms with Crippen LogP contribution in [0.2, 0.25) is 0 Å². The van der Waals surface area contributed by atoms with E-state index in [4.69, 9.17) is 0 Å². The molecule has 0 aliphatic carbocycles. The average Bonchev–Trinajstić information content (AvgIpc) is 0.544. The van der Waals surface area contributed by atoms with Gasteiger partial charge in [-0.05, 0) is 0 Å². The van der Waals surface area contributed by atoms with Gasteiger partial charge in [0, 0.05) is 0 Å². The molecule has 0 aliphatic heterocycles. The van der Waals surface area contributed by atoms with Crippen molar-refractivity contribution in [2.24, 2.45) is 0 Å². The van der Waals surface area contributed by atoms with E-state index in [0.717, 1.165) is 0 Å². The van der Waals surface area contributed by atoms with Gasteiger partial charge in [0.1, 0.15) is 0 Å². The Morgan fingerprint density at radius 3 is 0.500 bits per heavy atom. The van der Waals surface area contributed by atoms with E-state index in [1.165, 1.54) is 0 Å². The molecule has 0 rings (SSSR count). The molecule has 0 unspecified atom stereocenters. The molecule has 0 atom stereocenters. The molecule has 0 aromatic heterocycles. The van der Waals surface area contributed by atoms with Crippen molar-refractivity contribution in [3.8, 4) is 0 Å². The molecule has 53 valence electrons. The zero-order valence-corrected chi connectivity index (χ0v) is 20.4.